The highest BCUT2D eigenvalue weighted by Crippen LogP contribution is 2.05. The van der Waals surface area contributed by atoms with Crippen LogP contribution in [0, 0.1) is 5.92 Å². The van der Waals surface area contributed by atoms with E-state index in [1.165, 1.54) is 6.92 Å². The summed E-state index contributed by atoms with van der Waals surface area (Å²) >= 11 is 0. The summed E-state index contributed by atoms with van der Waals surface area (Å²) in [5.74, 6) is -1.58. The highest BCUT2D eigenvalue weighted by atomic mass is 16.4. The zero-order chi connectivity index (χ0) is 7.44. The van der Waals surface area contributed by atoms with Gasteiger partial charge in [-0.3, -0.25) is 4.79 Å². The van der Waals surface area contributed by atoms with E-state index in [0.29, 0.717) is 6.42 Å². The number of carboxylic acid groups (broad SMARTS) is 1. The third-order valence-corrected chi connectivity index (χ3v) is 1.38. The van der Waals surface area contributed by atoms with Crippen molar-refractivity contribution in [1.82, 2.24) is 0 Å². The molecule has 0 aromatic carbocycles. The Hall–Kier alpha value is -0.570. The Morgan fingerprint density at radius 2 is 2.11 bits per heavy atom. The van der Waals surface area contributed by atoms with E-state index in [4.69, 9.17) is 10.2 Å². The van der Waals surface area contributed by atoms with Crippen molar-refractivity contribution in [3.8, 4) is 0 Å². The summed E-state index contributed by atoms with van der Waals surface area (Å²) in [6, 6.07) is 0. The summed E-state index contributed by atoms with van der Waals surface area (Å²) in [5, 5.41) is 17.2. The SMILES string of the molecule is CCC(O)C(C)C(=O)O. The molecular weight excluding hydrogens is 120 g/mol. The Morgan fingerprint density at radius 1 is 1.67 bits per heavy atom. The van der Waals surface area contributed by atoms with Gasteiger partial charge in [0.15, 0.2) is 0 Å². The van der Waals surface area contributed by atoms with Crippen LogP contribution in [-0.4, -0.2) is 22.3 Å². The molecule has 0 saturated carbocycles. The standard InChI is InChI=1S/C6H12O3/c1-3-5(7)4(2)6(8)9/h4-5,7H,3H2,1-2H3,(H,8,9). The molecule has 0 aliphatic carbocycles. The highest BCUT2D eigenvalue weighted by Gasteiger charge is 2.18. The smallest absolute Gasteiger partial charge is 0.308 e. The molecule has 0 rings (SSSR count). The predicted molar refractivity (Wildman–Crippen MR) is 33.1 cm³/mol. The third-order valence-electron chi connectivity index (χ3n) is 1.38. The lowest BCUT2D eigenvalue weighted by Gasteiger charge is -2.10. The first-order chi connectivity index (χ1) is 4.09. The number of carboxylic acids is 1. The van der Waals surface area contributed by atoms with E-state index in [9.17, 15) is 4.79 Å². The Labute approximate surface area is 54.3 Å². The first kappa shape index (κ1) is 8.43. The number of hydrogen-bond acceptors (Lipinski definition) is 2. The summed E-state index contributed by atoms with van der Waals surface area (Å²) < 4.78 is 0. The van der Waals surface area contributed by atoms with Crippen molar-refractivity contribution in [1.29, 1.82) is 0 Å². The molecular formula is C6H12O3. The second kappa shape index (κ2) is 3.45. The van der Waals surface area contributed by atoms with E-state index in [1.54, 1.807) is 6.92 Å². The molecule has 0 heterocycles. The normalized spacial score (nSPS) is 16.8. The molecule has 0 fully saturated rings. The average Bonchev–Trinajstić information content (AvgIpc) is 1.84. The quantitative estimate of drug-likeness (QED) is 0.587. The van der Waals surface area contributed by atoms with E-state index in [2.05, 4.69) is 0 Å². The fourth-order valence-corrected chi connectivity index (χ4v) is 0.518. The van der Waals surface area contributed by atoms with Crippen LogP contribution in [0.1, 0.15) is 20.3 Å². The molecule has 54 valence electrons. The molecule has 0 aromatic rings. The summed E-state index contributed by atoms with van der Waals surface area (Å²) in [6.45, 7) is 3.25. The zero-order valence-electron chi connectivity index (χ0n) is 5.66. The molecule has 0 radical (unpaired) electrons. The average molecular weight is 132 g/mol. The number of aliphatic hydroxyl groups excluding tert-OH is 1. The fraction of sp³-hybridized carbons (Fsp3) is 0.833. The van der Waals surface area contributed by atoms with E-state index >= 15 is 0 Å². The summed E-state index contributed by atoms with van der Waals surface area (Å²) in [5.41, 5.74) is 0. The molecule has 2 unspecified atom stereocenters. The lowest BCUT2D eigenvalue weighted by atomic mass is 10.0. The largest absolute Gasteiger partial charge is 0.481 e. The van der Waals surface area contributed by atoms with Crippen molar-refractivity contribution in [3.63, 3.8) is 0 Å². The van der Waals surface area contributed by atoms with Gasteiger partial charge in [-0.15, -0.1) is 0 Å². The molecule has 2 atom stereocenters. The van der Waals surface area contributed by atoms with E-state index in [1.807, 2.05) is 0 Å². The predicted octanol–water partition coefficient (Wildman–Crippen LogP) is 0.478. The van der Waals surface area contributed by atoms with Gasteiger partial charge in [-0.05, 0) is 13.3 Å². The van der Waals surface area contributed by atoms with Gasteiger partial charge < -0.3 is 10.2 Å². The minimum absolute atomic E-state index is 0.494. The van der Waals surface area contributed by atoms with Crippen molar-refractivity contribution < 1.29 is 15.0 Å². The maximum atomic E-state index is 10.1. The highest BCUT2D eigenvalue weighted by molar-refractivity contribution is 5.70. The van der Waals surface area contributed by atoms with Gasteiger partial charge in [0.25, 0.3) is 0 Å². The minimum Gasteiger partial charge on any atom is -0.481 e. The topological polar surface area (TPSA) is 57.5 Å². The Balaban J connectivity index is 3.72. The molecule has 9 heavy (non-hydrogen) atoms. The van der Waals surface area contributed by atoms with Crippen molar-refractivity contribution in [3.05, 3.63) is 0 Å². The van der Waals surface area contributed by atoms with Crippen molar-refractivity contribution >= 4 is 5.97 Å². The Morgan fingerprint density at radius 3 is 2.22 bits per heavy atom. The molecule has 3 heteroatoms. The summed E-state index contributed by atoms with van der Waals surface area (Å²) in [7, 11) is 0. The molecule has 2 N–H and O–H groups in total. The van der Waals surface area contributed by atoms with Gasteiger partial charge in [0.2, 0.25) is 0 Å². The van der Waals surface area contributed by atoms with Crippen LogP contribution in [0.15, 0.2) is 0 Å². The first-order valence-corrected chi connectivity index (χ1v) is 3.00. The van der Waals surface area contributed by atoms with Crippen LogP contribution in [0.3, 0.4) is 0 Å². The molecule has 0 amide bonds. The molecule has 0 aliphatic rings. The van der Waals surface area contributed by atoms with Crippen molar-refractivity contribution in [2.45, 2.75) is 26.4 Å². The number of rotatable bonds is 3. The molecule has 0 bridgehead atoms. The van der Waals surface area contributed by atoms with Crippen molar-refractivity contribution in [2.75, 3.05) is 0 Å². The monoisotopic (exact) mass is 132 g/mol. The second-order valence-electron chi connectivity index (χ2n) is 2.10. The van der Waals surface area contributed by atoms with Gasteiger partial charge in [0.1, 0.15) is 0 Å². The summed E-state index contributed by atoms with van der Waals surface area (Å²) in [4.78, 5) is 10.1. The second-order valence-corrected chi connectivity index (χ2v) is 2.10. The lowest BCUT2D eigenvalue weighted by Crippen LogP contribution is -2.24. The van der Waals surface area contributed by atoms with E-state index < -0.39 is 18.0 Å². The van der Waals surface area contributed by atoms with E-state index in [-0.39, 0.29) is 0 Å². The van der Waals surface area contributed by atoms with Crippen LogP contribution < -0.4 is 0 Å². The van der Waals surface area contributed by atoms with Crippen LogP contribution in [0.25, 0.3) is 0 Å². The van der Waals surface area contributed by atoms with Crippen molar-refractivity contribution in [2.24, 2.45) is 5.92 Å². The van der Waals surface area contributed by atoms with Crippen LogP contribution in [0.4, 0.5) is 0 Å². The van der Waals surface area contributed by atoms with Gasteiger partial charge >= 0.3 is 5.97 Å². The number of aliphatic hydroxyl groups is 1. The lowest BCUT2D eigenvalue weighted by molar-refractivity contribution is -0.144. The molecule has 0 spiro atoms. The van der Waals surface area contributed by atoms with Gasteiger partial charge in [0, 0.05) is 0 Å². The molecule has 0 aromatic heterocycles. The fourth-order valence-electron chi connectivity index (χ4n) is 0.518. The molecule has 0 aliphatic heterocycles. The number of aliphatic carboxylic acids is 1. The van der Waals surface area contributed by atoms with E-state index in [0.717, 1.165) is 0 Å². The van der Waals surface area contributed by atoms with Gasteiger partial charge in [-0.2, -0.15) is 0 Å². The summed E-state index contributed by atoms with van der Waals surface area (Å²) in [6.07, 6.45) is -0.213. The minimum atomic E-state index is -0.940. The van der Waals surface area contributed by atoms with Gasteiger partial charge in [-0.1, -0.05) is 6.92 Å². The molecule has 0 saturated heterocycles. The Bertz CT molecular complexity index is 100. The number of hydrogen-bond donors (Lipinski definition) is 2. The first-order valence-electron chi connectivity index (χ1n) is 3.00. The van der Waals surface area contributed by atoms with Crippen LogP contribution in [0.2, 0.25) is 0 Å². The van der Waals surface area contributed by atoms with Crippen LogP contribution in [0.5, 0.6) is 0 Å². The third kappa shape index (κ3) is 2.46. The maximum absolute atomic E-state index is 10.1. The number of carbonyl (C=O) groups is 1. The molecule has 3 nitrogen and oxygen atoms in total. The van der Waals surface area contributed by atoms with Gasteiger partial charge in [-0.25, -0.2) is 0 Å². The zero-order valence-corrected chi connectivity index (χ0v) is 5.66. The van der Waals surface area contributed by atoms with Crippen LogP contribution in [-0.2, 0) is 4.79 Å². The Kier molecular flexibility index (Phi) is 3.24. The van der Waals surface area contributed by atoms with Gasteiger partial charge in [0.05, 0.1) is 12.0 Å². The maximum Gasteiger partial charge on any atom is 0.308 e. The van der Waals surface area contributed by atoms with Crippen LogP contribution >= 0.6 is 0 Å².